The number of nitriles is 1. The molecule has 2 heterocycles. The highest BCUT2D eigenvalue weighted by molar-refractivity contribution is 7.24. The van der Waals surface area contributed by atoms with E-state index < -0.39 is 0 Å². The van der Waals surface area contributed by atoms with Crippen LogP contribution in [0.3, 0.4) is 0 Å². The van der Waals surface area contributed by atoms with Crippen LogP contribution in [0.25, 0.3) is 21.1 Å². The van der Waals surface area contributed by atoms with Crippen molar-refractivity contribution < 1.29 is 4.39 Å². The predicted molar refractivity (Wildman–Crippen MR) is 76.8 cm³/mol. The smallest absolute Gasteiger partial charge is 0.147 e. The van der Waals surface area contributed by atoms with Gasteiger partial charge in [-0.3, -0.25) is 0 Å². The number of benzene rings is 1. The fourth-order valence-electron chi connectivity index (χ4n) is 2.53. The summed E-state index contributed by atoms with van der Waals surface area (Å²) in [6.45, 7) is 3.95. The van der Waals surface area contributed by atoms with Gasteiger partial charge in [0, 0.05) is 11.4 Å². The lowest BCUT2D eigenvalue weighted by Crippen LogP contribution is -2.02. The highest BCUT2D eigenvalue weighted by Crippen LogP contribution is 2.42. The lowest BCUT2D eigenvalue weighted by Gasteiger charge is -2.11. The minimum atomic E-state index is -0.267. The molecule has 0 atom stereocenters. The van der Waals surface area contributed by atoms with Crippen LogP contribution in [0.1, 0.15) is 25.5 Å². The fraction of sp³-hybridized carbons (Fsp3) is 0.214. The van der Waals surface area contributed by atoms with Crippen LogP contribution in [0, 0.1) is 17.1 Å². The molecule has 0 aliphatic heterocycles. The van der Waals surface area contributed by atoms with E-state index in [2.05, 4.69) is 6.07 Å². The number of halogens is 1. The number of rotatable bonds is 1. The third kappa shape index (κ3) is 1.47. The monoisotopic (exact) mass is 273 g/mol. The van der Waals surface area contributed by atoms with E-state index >= 15 is 0 Å². The third-order valence-electron chi connectivity index (χ3n) is 3.25. The summed E-state index contributed by atoms with van der Waals surface area (Å²) in [6.07, 6.45) is 0. The first-order valence-corrected chi connectivity index (χ1v) is 6.78. The Balaban J connectivity index is 2.66. The second-order valence-corrected chi connectivity index (χ2v) is 5.78. The van der Waals surface area contributed by atoms with Gasteiger partial charge in [-0.15, -0.1) is 11.3 Å². The second-order valence-electron chi connectivity index (χ2n) is 4.73. The summed E-state index contributed by atoms with van der Waals surface area (Å²) in [6, 6.07) is 7.19. The van der Waals surface area contributed by atoms with E-state index in [1.165, 1.54) is 17.4 Å². The van der Waals surface area contributed by atoms with Gasteiger partial charge in [0.05, 0.1) is 15.7 Å². The average molecular weight is 273 g/mol. The van der Waals surface area contributed by atoms with Crippen molar-refractivity contribution >= 4 is 37.5 Å². The maximum absolute atomic E-state index is 14.1. The first kappa shape index (κ1) is 12.0. The number of hydrogen-bond acceptors (Lipinski definition) is 3. The zero-order valence-electron chi connectivity index (χ0n) is 10.6. The minimum Gasteiger partial charge on any atom is -0.389 e. The molecule has 19 heavy (non-hydrogen) atoms. The number of para-hydroxylation sites is 1. The van der Waals surface area contributed by atoms with Gasteiger partial charge in [0.2, 0.25) is 0 Å². The number of anilines is 1. The lowest BCUT2D eigenvalue weighted by atomic mass is 10.2. The molecule has 0 saturated heterocycles. The van der Waals surface area contributed by atoms with Crippen molar-refractivity contribution in [1.29, 1.82) is 5.26 Å². The van der Waals surface area contributed by atoms with Crippen molar-refractivity contribution in [2.24, 2.45) is 0 Å². The number of fused-ring (bicyclic) bond motifs is 3. The van der Waals surface area contributed by atoms with Crippen LogP contribution >= 0.6 is 11.3 Å². The molecule has 3 nitrogen and oxygen atoms in total. The van der Waals surface area contributed by atoms with Crippen molar-refractivity contribution in [3.8, 4) is 6.07 Å². The summed E-state index contributed by atoms with van der Waals surface area (Å²) >= 11 is 1.35. The van der Waals surface area contributed by atoms with E-state index in [0.717, 1.165) is 15.6 Å². The number of aromatic nitrogens is 1. The van der Waals surface area contributed by atoms with Gasteiger partial charge in [-0.2, -0.15) is 5.26 Å². The van der Waals surface area contributed by atoms with Crippen LogP contribution in [0.5, 0.6) is 0 Å². The first-order chi connectivity index (χ1) is 9.06. The molecule has 0 saturated carbocycles. The molecule has 0 radical (unpaired) electrons. The minimum absolute atomic E-state index is 0.0537. The van der Waals surface area contributed by atoms with Gasteiger partial charge in [-0.05, 0) is 19.9 Å². The molecule has 1 aromatic carbocycles. The molecule has 0 bridgehead atoms. The molecule has 3 rings (SSSR count). The van der Waals surface area contributed by atoms with E-state index in [1.807, 2.05) is 24.5 Å². The van der Waals surface area contributed by atoms with Crippen LogP contribution in [0.15, 0.2) is 18.2 Å². The highest BCUT2D eigenvalue weighted by Gasteiger charge is 2.22. The number of nitrogens with two attached hydrogens (primary N) is 1. The Kier molecular flexibility index (Phi) is 2.51. The van der Waals surface area contributed by atoms with Crippen LogP contribution < -0.4 is 5.73 Å². The molecule has 96 valence electrons. The summed E-state index contributed by atoms with van der Waals surface area (Å²) in [5, 5.41) is 10.6. The Bertz CT molecular complexity index is 836. The topological polar surface area (TPSA) is 54.7 Å². The van der Waals surface area contributed by atoms with Crippen molar-refractivity contribution in [2.45, 2.75) is 19.9 Å². The van der Waals surface area contributed by atoms with Gasteiger partial charge in [0.1, 0.15) is 22.5 Å². The van der Waals surface area contributed by atoms with Gasteiger partial charge < -0.3 is 10.3 Å². The molecular weight excluding hydrogens is 261 g/mol. The molecule has 3 aromatic rings. The van der Waals surface area contributed by atoms with Crippen LogP contribution in [0.2, 0.25) is 0 Å². The van der Waals surface area contributed by atoms with Gasteiger partial charge in [-0.25, -0.2) is 4.39 Å². The Hall–Kier alpha value is -2.06. The van der Waals surface area contributed by atoms with Crippen molar-refractivity contribution in [1.82, 2.24) is 4.57 Å². The summed E-state index contributed by atoms with van der Waals surface area (Å²) in [5.41, 5.74) is 7.65. The average Bonchev–Trinajstić information content (AvgIpc) is 2.83. The highest BCUT2D eigenvalue weighted by atomic mass is 32.1. The van der Waals surface area contributed by atoms with Gasteiger partial charge in [-0.1, -0.05) is 12.1 Å². The molecule has 0 amide bonds. The summed E-state index contributed by atoms with van der Waals surface area (Å²) in [5.74, 6) is -0.267. The normalized spacial score (nSPS) is 11.5. The molecule has 0 unspecified atom stereocenters. The summed E-state index contributed by atoms with van der Waals surface area (Å²) in [4.78, 5) is 0. The maximum atomic E-state index is 14.1. The zero-order chi connectivity index (χ0) is 13.7. The Morgan fingerprint density at radius 2 is 2.11 bits per heavy atom. The summed E-state index contributed by atoms with van der Waals surface area (Å²) in [7, 11) is 0. The number of thiophene rings is 1. The molecule has 2 aromatic heterocycles. The zero-order valence-corrected chi connectivity index (χ0v) is 11.4. The molecule has 5 heteroatoms. The molecule has 0 fully saturated rings. The standard InChI is InChI=1S/C14H12FN3S/c1-7(2)18-11-8(4-3-5-10(11)15)13-12(18)9(6-16)14(17)19-13/h3-5,7H,17H2,1-2H3. The van der Waals surface area contributed by atoms with Gasteiger partial charge >= 0.3 is 0 Å². The number of hydrogen-bond donors (Lipinski definition) is 1. The number of nitrogens with zero attached hydrogens (tertiary/aromatic N) is 2. The van der Waals surface area contributed by atoms with Crippen LogP contribution in [-0.4, -0.2) is 4.57 Å². The molecule has 0 spiro atoms. The molecule has 0 aliphatic rings. The first-order valence-electron chi connectivity index (χ1n) is 5.96. The van der Waals surface area contributed by atoms with Crippen LogP contribution in [-0.2, 0) is 0 Å². The Labute approximate surface area is 113 Å². The van der Waals surface area contributed by atoms with Gasteiger partial charge in [0.25, 0.3) is 0 Å². The molecule has 2 N–H and O–H groups in total. The predicted octanol–water partition coefficient (Wildman–Crippen LogP) is 4.03. The summed E-state index contributed by atoms with van der Waals surface area (Å²) < 4.78 is 16.9. The second kappa shape index (κ2) is 3.97. The van der Waals surface area contributed by atoms with Crippen molar-refractivity contribution in [3.63, 3.8) is 0 Å². The van der Waals surface area contributed by atoms with Crippen molar-refractivity contribution in [2.75, 3.05) is 5.73 Å². The van der Waals surface area contributed by atoms with Crippen molar-refractivity contribution in [3.05, 3.63) is 29.6 Å². The SMILES string of the molecule is CC(C)n1c2c(F)cccc2c2sc(N)c(C#N)c21. The van der Waals surface area contributed by atoms with E-state index in [-0.39, 0.29) is 11.9 Å². The molecular formula is C14H12FN3S. The van der Waals surface area contributed by atoms with Gasteiger partial charge in [0.15, 0.2) is 0 Å². The van der Waals surface area contributed by atoms with E-state index in [9.17, 15) is 9.65 Å². The maximum Gasteiger partial charge on any atom is 0.147 e. The Morgan fingerprint density at radius 3 is 2.74 bits per heavy atom. The van der Waals surface area contributed by atoms with Crippen LogP contribution in [0.4, 0.5) is 9.39 Å². The third-order valence-corrected chi connectivity index (χ3v) is 4.29. The lowest BCUT2D eigenvalue weighted by molar-refractivity contribution is 0.599. The van der Waals surface area contributed by atoms with E-state index in [4.69, 9.17) is 5.73 Å². The quantitative estimate of drug-likeness (QED) is 0.727. The molecule has 0 aliphatic carbocycles. The Morgan fingerprint density at radius 1 is 1.37 bits per heavy atom. The number of nitrogen functional groups attached to an aromatic ring is 1. The van der Waals surface area contributed by atoms with E-state index in [1.54, 1.807) is 6.07 Å². The fourth-order valence-corrected chi connectivity index (χ4v) is 3.57. The largest absolute Gasteiger partial charge is 0.389 e. The van der Waals surface area contributed by atoms with E-state index in [0.29, 0.717) is 16.1 Å².